The predicted molar refractivity (Wildman–Crippen MR) is 56.7 cm³/mol. The van der Waals surface area contributed by atoms with Crippen molar-refractivity contribution in [3.63, 3.8) is 0 Å². The van der Waals surface area contributed by atoms with E-state index in [0.29, 0.717) is 12.8 Å². The zero-order valence-corrected chi connectivity index (χ0v) is 8.93. The Kier molecular flexibility index (Phi) is 2.71. The molecule has 1 heterocycles. The van der Waals surface area contributed by atoms with Crippen LogP contribution in [0.25, 0.3) is 0 Å². The van der Waals surface area contributed by atoms with E-state index in [1.807, 2.05) is 0 Å². The van der Waals surface area contributed by atoms with Crippen molar-refractivity contribution in [3.8, 4) is 0 Å². The zero-order valence-electron chi connectivity index (χ0n) is 8.93. The van der Waals surface area contributed by atoms with Crippen molar-refractivity contribution in [1.29, 1.82) is 0 Å². The first kappa shape index (κ1) is 11.4. The first-order valence-corrected chi connectivity index (χ1v) is 5.18. The van der Waals surface area contributed by atoms with Crippen LogP contribution >= 0.6 is 0 Å². The average Bonchev–Trinajstić information content (AvgIpc) is 2.23. The molecular formula is C11H11NO5. The van der Waals surface area contributed by atoms with Gasteiger partial charge in [-0.15, -0.1) is 0 Å². The Morgan fingerprint density at radius 1 is 1.35 bits per heavy atom. The normalized spacial score (nSPS) is 16.9. The van der Waals surface area contributed by atoms with Crippen LogP contribution in [0, 0.1) is 0 Å². The van der Waals surface area contributed by atoms with Gasteiger partial charge in [0.05, 0.1) is 5.56 Å². The fraction of sp³-hybridized carbons (Fsp3) is 0.364. The highest BCUT2D eigenvalue weighted by atomic mass is 16.4. The lowest BCUT2D eigenvalue weighted by Crippen LogP contribution is -2.59. The molecule has 0 radical (unpaired) electrons. The van der Waals surface area contributed by atoms with Crippen LogP contribution in [0.15, 0.2) is 27.6 Å². The summed E-state index contributed by atoms with van der Waals surface area (Å²) in [5.74, 6) is -1.58. The Morgan fingerprint density at radius 3 is 2.47 bits per heavy atom. The summed E-state index contributed by atoms with van der Waals surface area (Å²) in [6, 6.07) is 2.42. The molecule has 2 rings (SSSR count). The standard InChI is InChI=1S/C11H11NO5/c13-8-3-2-7(6-17-8)9(14)12-11(10(15)16)4-1-5-11/h2-3,6H,1,4-5H2,(H,12,14)(H,15,16). The summed E-state index contributed by atoms with van der Waals surface area (Å²) in [5.41, 5.74) is -1.58. The number of carbonyl (C=O) groups is 2. The molecule has 0 spiro atoms. The molecule has 6 nitrogen and oxygen atoms in total. The highest BCUT2D eigenvalue weighted by Gasteiger charge is 2.45. The van der Waals surface area contributed by atoms with Crippen LogP contribution in [0.2, 0.25) is 0 Å². The van der Waals surface area contributed by atoms with Crippen LogP contribution in [0.4, 0.5) is 0 Å². The van der Waals surface area contributed by atoms with Crippen LogP contribution in [0.1, 0.15) is 29.6 Å². The summed E-state index contributed by atoms with van der Waals surface area (Å²) in [7, 11) is 0. The molecule has 17 heavy (non-hydrogen) atoms. The molecule has 1 fully saturated rings. The minimum absolute atomic E-state index is 0.136. The van der Waals surface area contributed by atoms with Gasteiger partial charge in [0.25, 0.3) is 5.91 Å². The van der Waals surface area contributed by atoms with E-state index >= 15 is 0 Å². The van der Waals surface area contributed by atoms with Crippen molar-refractivity contribution in [1.82, 2.24) is 5.32 Å². The van der Waals surface area contributed by atoms with Crippen molar-refractivity contribution in [2.24, 2.45) is 0 Å². The molecule has 0 atom stereocenters. The zero-order chi connectivity index (χ0) is 12.5. The second-order valence-corrected chi connectivity index (χ2v) is 4.04. The molecular weight excluding hydrogens is 226 g/mol. The second-order valence-electron chi connectivity index (χ2n) is 4.04. The molecule has 1 aromatic heterocycles. The topological polar surface area (TPSA) is 96.6 Å². The summed E-state index contributed by atoms with van der Waals surface area (Å²) in [6.45, 7) is 0. The van der Waals surface area contributed by atoms with Crippen LogP contribution in [-0.4, -0.2) is 22.5 Å². The number of carbonyl (C=O) groups excluding carboxylic acids is 1. The van der Waals surface area contributed by atoms with Crippen molar-refractivity contribution >= 4 is 11.9 Å². The number of carboxylic acids is 1. The average molecular weight is 237 g/mol. The Bertz CT molecular complexity index is 494. The van der Waals surface area contributed by atoms with Crippen molar-refractivity contribution in [2.75, 3.05) is 0 Å². The van der Waals surface area contributed by atoms with Gasteiger partial charge in [-0.1, -0.05) is 0 Å². The number of hydrogen-bond donors (Lipinski definition) is 2. The largest absolute Gasteiger partial charge is 0.480 e. The van der Waals surface area contributed by atoms with E-state index in [2.05, 4.69) is 9.73 Å². The van der Waals surface area contributed by atoms with Crippen LogP contribution in [0.3, 0.4) is 0 Å². The Balaban J connectivity index is 2.14. The van der Waals surface area contributed by atoms with Gasteiger partial charge in [0.15, 0.2) is 0 Å². The second kappa shape index (κ2) is 4.04. The maximum Gasteiger partial charge on any atom is 0.335 e. The molecule has 2 N–H and O–H groups in total. The predicted octanol–water partition coefficient (Wildman–Crippen LogP) is 0.377. The van der Waals surface area contributed by atoms with Gasteiger partial charge in [0, 0.05) is 6.07 Å². The number of rotatable bonds is 3. The lowest BCUT2D eigenvalue weighted by atomic mass is 9.76. The molecule has 90 valence electrons. The number of nitrogens with one attached hydrogen (secondary N) is 1. The first-order chi connectivity index (χ1) is 8.03. The highest BCUT2D eigenvalue weighted by molar-refractivity contribution is 5.97. The summed E-state index contributed by atoms with van der Waals surface area (Å²) in [6.07, 6.45) is 2.64. The van der Waals surface area contributed by atoms with Crippen molar-refractivity contribution < 1.29 is 19.1 Å². The molecule has 1 saturated carbocycles. The maximum absolute atomic E-state index is 11.7. The number of carboxylic acid groups (broad SMARTS) is 1. The molecule has 6 heteroatoms. The minimum atomic E-state index is -1.16. The van der Waals surface area contributed by atoms with E-state index in [4.69, 9.17) is 5.11 Å². The number of aliphatic carboxylic acids is 1. The molecule has 0 bridgehead atoms. The van der Waals surface area contributed by atoms with Gasteiger partial charge in [0.2, 0.25) is 0 Å². The molecule has 0 saturated heterocycles. The SMILES string of the molecule is O=C(NC1(C(=O)O)CCC1)c1ccc(=O)oc1. The fourth-order valence-electron chi connectivity index (χ4n) is 1.70. The van der Waals surface area contributed by atoms with Gasteiger partial charge in [-0.3, -0.25) is 4.79 Å². The lowest BCUT2D eigenvalue weighted by molar-refractivity contribution is -0.148. The van der Waals surface area contributed by atoms with Gasteiger partial charge in [-0.2, -0.15) is 0 Å². The molecule has 1 aliphatic rings. The van der Waals surface area contributed by atoms with Crippen LogP contribution in [-0.2, 0) is 4.79 Å². The summed E-state index contributed by atoms with van der Waals surface area (Å²) in [5, 5.41) is 11.5. The molecule has 0 aromatic carbocycles. The van der Waals surface area contributed by atoms with E-state index in [1.165, 1.54) is 6.07 Å². The van der Waals surface area contributed by atoms with Gasteiger partial charge in [-0.05, 0) is 25.3 Å². The van der Waals surface area contributed by atoms with Gasteiger partial charge < -0.3 is 14.8 Å². The van der Waals surface area contributed by atoms with Crippen LogP contribution in [0.5, 0.6) is 0 Å². The Hall–Kier alpha value is -2.11. The number of amides is 1. The molecule has 1 aliphatic carbocycles. The molecule has 0 unspecified atom stereocenters. The van der Waals surface area contributed by atoms with Gasteiger partial charge in [0.1, 0.15) is 11.8 Å². The van der Waals surface area contributed by atoms with E-state index < -0.39 is 23.0 Å². The molecule has 1 amide bonds. The monoisotopic (exact) mass is 237 g/mol. The summed E-state index contributed by atoms with van der Waals surface area (Å²) < 4.78 is 4.54. The third kappa shape index (κ3) is 2.06. The van der Waals surface area contributed by atoms with E-state index in [0.717, 1.165) is 18.8 Å². The maximum atomic E-state index is 11.7. The van der Waals surface area contributed by atoms with E-state index in [9.17, 15) is 14.4 Å². The third-order valence-electron chi connectivity index (χ3n) is 2.93. The molecule has 0 aliphatic heterocycles. The molecule has 1 aromatic rings. The van der Waals surface area contributed by atoms with Crippen molar-refractivity contribution in [2.45, 2.75) is 24.8 Å². The summed E-state index contributed by atoms with van der Waals surface area (Å²) in [4.78, 5) is 33.5. The van der Waals surface area contributed by atoms with E-state index in [1.54, 1.807) is 0 Å². The van der Waals surface area contributed by atoms with Gasteiger partial charge >= 0.3 is 11.6 Å². The Morgan fingerprint density at radius 2 is 2.06 bits per heavy atom. The van der Waals surface area contributed by atoms with Gasteiger partial charge in [-0.25, -0.2) is 9.59 Å². The highest BCUT2D eigenvalue weighted by Crippen LogP contribution is 2.32. The van der Waals surface area contributed by atoms with E-state index in [-0.39, 0.29) is 5.56 Å². The Labute approximate surface area is 96.2 Å². The summed E-state index contributed by atoms with van der Waals surface area (Å²) >= 11 is 0. The fourth-order valence-corrected chi connectivity index (χ4v) is 1.70. The minimum Gasteiger partial charge on any atom is -0.480 e. The third-order valence-corrected chi connectivity index (χ3v) is 2.93. The smallest absolute Gasteiger partial charge is 0.335 e. The van der Waals surface area contributed by atoms with Crippen molar-refractivity contribution in [3.05, 3.63) is 34.4 Å². The number of hydrogen-bond acceptors (Lipinski definition) is 4. The lowest BCUT2D eigenvalue weighted by Gasteiger charge is -2.38. The first-order valence-electron chi connectivity index (χ1n) is 5.18. The van der Waals surface area contributed by atoms with Crippen LogP contribution < -0.4 is 10.9 Å². The quantitative estimate of drug-likeness (QED) is 0.792.